The Labute approximate surface area is 105 Å². The van der Waals surface area contributed by atoms with E-state index in [9.17, 15) is 9.18 Å². The molecule has 2 heteroatoms. The maximum Gasteiger partial charge on any atom is 0.133 e. The third-order valence-corrected chi connectivity index (χ3v) is 4.04. The van der Waals surface area contributed by atoms with Crippen molar-refractivity contribution in [1.29, 1.82) is 0 Å². The van der Waals surface area contributed by atoms with Crippen LogP contribution in [0.15, 0.2) is 0 Å². The van der Waals surface area contributed by atoms with E-state index in [2.05, 4.69) is 6.92 Å². The molecule has 1 nitrogen and oxygen atoms in total. The van der Waals surface area contributed by atoms with Crippen LogP contribution in [0.5, 0.6) is 0 Å². The minimum Gasteiger partial charge on any atom is -0.300 e. The van der Waals surface area contributed by atoms with Crippen molar-refractivity contribution in [3.8, 4) is 0 Å². The SMILES string of the molecule is CCCCC1CCC(CC(=O)CCCF)CC1. The fraction of sp³-hybridized carbons (Fsp3) is 0.933. The van der Waals surface area contributed by atoms with E-state index in [0.29, 0.717) is 25.2 Å². The number of halogens is 1. The van der Waals surface area contributed by atoms with Crippen LogP contribution in [0.1, 0.15) is 71.1 Å². The van der Waals surface area contributed by atoms with Crippen LogP contribution in [0, 0.1) is 11.8 Å². The Hall–Kier alpha value is -0.400. The lowest BCUT2D eigenvalue weighted by molar-refractivity contribution is -0.120. The summed E-state index contributed by atoms with van der Waals surface area (Å²) in [5.74, 6) is 1.78. The number of Topliss-reactive ketones (excluding diaryl/α,β-unsaturated/α-hetero) is 1. The summed E-state index contributed by atoms with van der Waals surface area (Å²) in [6.07, 6.45) is 10.6. The van der Waals surface area contributed by atoms with Gasteiger partial charge in [-0.05, 0) is 31.1 Å². The number of carbonyl (C=O) groups excluding carboxylic acids is 1. The maximum atomic E-state index is 11.9. The van der Waals surface area contributed by atoms with Gasteiger partial charge in [0.1, 0.15) is 5.78 Å². The zero-order chi connectivity index (χ0) is 12.5. The summed E-state index contributed by atoms with van der Waals surface area (Å²) >= 11 is 0. The van der Waals surface area contributed by atoms with E-state index < -0.39 is 0 Å². The van der Waals surface area contributed by atoms with Crippen molar-refractivity contribution >= 4 is 5.78 Å². The highest BCUT2D eigenvalue weighted by Gasteiger charge is 2.22. The van der Waals surface area contributed by atoms with Crippen LogP contribution in [0.3, 0.4) is 0 Å². The van der Waals surface area contributed by atoms with E-state index in [1.807, 2.05) is 0 Å². The smallest absolute Gasteiger partial charge is 0.133 e. The monoisotopic (exact) mass is 242 g/mol. The normalized spacial score (nSPS) is 24.8. The van der Waals surface area contributed by atoms with Gasteiger partial charge in [0, 0.05) is 12.8 Å². The minimum absolute atomic E-state index is 0.277. The Morgan fingerprint density at radius 1 is 1.12 bits per heavy atom. The summed E-state index contributed by atoms with van der Waals surface area (Å²) in [5, 5.41) is 0. The van der Waals surface area contributed by atoms with Crippen LogP contribution in [0.2, 0.25) is 0 Å². The number of ketones is 1. The first-order valence-corrected chi connectivity index (χ1v) is 7.34. The van der Waals surface area contributed by atoms with E-state index in [0.717, 1.165) is 5.92 Å². The number of rotatable bonds is 8. The first kappa shape index (κ1) is 14.7. The second-order valence-electron chi connectivity index (χ2n) is 5.56. The summed E-state index contributed by atoms with van der Waals surface area (Å²) in [7, 11) is 0. The van der Waals surface area contributed by atoms with Crippen molar-refractivity contribution in [2.45, 2.75) is 71.1 Å². The van der Waals surface area contributed by atoms with Gasteiger partial charge in [-0.1, -0.05) is 39.0 Å². The van der Waals surface area contributed by atoms with Gasteiger partial charge in [0.25, 0.3) is 0 Å². The average Bonchev–Trinajstić information content (AvgIpc) is 2.35. The predicted molar refractivity (Wildman–Crippen MR) is 69.8 cm³/mol. The molecule has 1 aliphatic carbocycles. The Morgan fingerprint density at radius 3 is 2.35 bits per heavy atom. The third-order valence-electron chi connectivity index (χ3n) is 4.04. The largest absolute Gasteiger partial charge is 0.300 e. The van der Waals surface area contributed by atoms with Crippen LogP contribution in [-0.4, -0.2) is 12.5 Å². The lowest BCUT2D eigenvalue weighted by Gasteiger charge is -2.28. The summed E-state index contributed by atoms with van der Waals surface area (Å²) in [4.78, 5) is 11.6. The van der Waals surface area contributed by atoms with Gasteiger partial charge in [0.05, 0.1) is 6.67 Å². The molecule has 0 N–H and O–H groups in total. The molecule has 0 amide bonds. The van der Waals surface area contributed by atoms with Crippen LogP contribution in [0.25, 0.3) is 0 Å². The van der Waals surface area contributed by atoms with E-state index >= 15 is 0 Å². The molecular formula is C15H27FO. The lowest BCUT2D eigenvalue weighted by atomic mass is 9.78. The summed E-state index contributed by atoms with van der Waals surface area (Å²) in [6.45, 7) is 1.89. The molecule has 1 saturated carbocycles. The molecule has 0 aliphatic heterocycles. The van der Waals surface area contributed by atoms with Gasteiger partial charge in [-0.25, -0.2) is 0 Å². The molecule has 0 unspecified atom stereocenters. The average molecular weight is 242 g/mol. The Balaban J connectivity index is 2.12. The third kappa shape index (κ3) is 6.18. The Bertz CT molecular complexity index is 207. The summed E-state index contributed by atoms with van der Waals surface area (Å²) < 4.78 is 11.9. The molecule has 0 aromatic carbocycles. The van der Waals surface area contributed by atoms with Crippen molar-refractivity contribution in [2.75, 3.05) is 6.67 Å². The second-order valence-corrected chi connectivity index (χ2v) is 5.56. The predicted octanol–water partition coefficient (Wildman–Crippen LogP) is 4.69. The van der Waals surface area contributed by atoms with Gasteiger partial charge in [-0.15, -0.1) is 0 Å². The zero-order valence-electron chi connectivity index (χ0n) is 11.2. The van der Waals surface area contributed by atoms with Crippen LogP contribution >= 0.6 is 0 Å². The number of hydrogen-bond donors (Lipinski definition) is 0. The molecule has 17 heavy (non-hydrogen) atoms. The van der Waals surface area contributed by atoms with Gasteiger partial charge in [0.2, 0.25) is 0 Å². The number of alkyl halides is 1. The van der Waals surface area contributed by atoms with Crippen LogP contribution in [0.4, 0.5) is 4.39 Å². The molecule has 100 valence electrons. The molecule has 0 heterocycles. The van der Waals surface area contributed by atoms with Gasteiger partial charge in [-0.2, -0.15) is 0 Å². The van der Waals surface area contributed by atoms with Crippen molar-refractivity contribution in [1.82, 2.24) is 0 Å². The summed E-state index contributed by atoms with van der Waals surface area (Å²) in [5.41, 5.74) is 0. The Kier molecular flexibility index (Phi) is 7.46. The Morgan fingerprint density at radius 2 is 1.76 bits per heavy atom. The van der Waals surface area contributed by atoms with E-state index in [-0.39, 0.29) is 12.5 Å². The first-order chi connectivity index (χ1) is 8.26. The van der Waals surface area contributed by atoms with E-state index in [1.54, 1.807) is 0 Å². The molecule has 0 aromatic heterocycles. The molecule has 1 rings (SSSR count). The molecule has 0 radical (unpaired) electrons. The zero-order valence-corrected chi connectivity index (χ0v) is 11.2. The van der Waals surface area contributed by atoms with Crippen molar-refractivity contribution in [3.05, 3.63) is 0 Å². The molecule has 1 fully saturated rings. The molecule has 0 bridgehead atoms. The van der Waals surface area contributed by atoms with Gasteiger partial charge < -0.3 is 0 Å². The molecular weight excluding hydrogens is 215 g/mol. The molecule has 0 atom stereocenters. The van der Waals surface area contributed by atoms with Crippen molar-refractivity contribution in [2.24, 2.45) is 11.8 Å². The lowest BCUT2D eigenvalue weighted by Crippen LogP contribution is -2.17. The quantitative estimate of drug-likeness (QED) is 0.603. The topological polar surface area (TPSA) is 17.1 Å². The summed E-state index contributed by atoms with van der Waals surface area (Å²) in [6, 6.07) is 0. The molecule has 0 spiro atoms. The van der Waals surface area contributed by atoms with E-state index in [1.165, 1.54) is 44.9 Å². The van der Waals surface area contributed by atoms with E-state index in [4.69, 9.17) is 0 Å². The molecule has 0 aromatic rings. The molecule has 1 aliphatic rings. The highest BCUT2D eigenvalue weighted by Crippen LogP contribution is 2.33. The highest BCUT2D eigenvalue weighted by atomic mass is 19.1. The van der Waals surface area contributed by atoms with Crippen molar-refractivity contribution in [3.63, 3.8) is 0 Å². The minimum atomic E-state index is -0.352. The molecule has 0 saturated heterocycles. The van der Waals surface area contributed by atoms with Gasteiger partial charge in [-0.3, -0.25) is 9.18 Å². The van der Waals surface area contributed by atoms with Gasteiger partial charge in [0.15, 0.2) is 0 Å². The number of carbonyl (C=O) groups is 1. The standard InChI is InChI=1S/C15H27FO/c1-2-3-5-13-7-9-14(10-8-13)12-15(17)6-4-11-16/h13-14H,2-12H2,1H3. The maximum absolute atomic E-state index is 11.9. The number of unbranched alkanes of at least 4 members (excludes halogenated alkanes) is 1. The highest BCUT2D eigenvalue weighted by molar-refractivity contribution is 5.78. The van der Waals surface area contributed by atoms with Gasteiger partial charge >= 0.3 is 0 Å². The fourth-order valence-electron chi connectivity index (χ4n) is 2.91. The number of hydrogen-bond acceptors (Lipinski definition) is 1. The fourth-order valence-corrected chi connectivity index (χ4v) is 2.91. The van der Waals surface area contributed by atoms with Crippen LogP contribution < -0.4 is 0 Å². The van der Waals surface area contributed by atoms with Crippen molar-refractivity contribution < 1.29 is 9.18 Å². The van der Waals surface area contributed by atoms with Crippen LogP contribution in [-0.2, 0) is 4.79 Å². The second kappa shape index (κ2) is 8.66. The first-order valence-electron chi connectivity index (χ1n) is 7.34.